The average Bonchev–Trinajstić information content (AvgIpc) is 2.37. The second-order valence-corrected chi connectivity index (χ2v) is 7.31. The number of sulfone groups is 1. The minimum Gasteiger partial charge on any atom is -0.381 e. The molecule has 2 aliphatic rings. The highest BCUT2D eigenvalue weighted by molar-refractivity contribution is 7.90. The van der Waals surface area contributed by atoms with Crippen molar-refractivity contribution < 1.29 is 13.2 Å². The van der Waals surface area contributed by atoms with Gasteiger partial charge in [-0.05, 0) is 25.0 Å². The van der Waals surface area contributed by atoms with Crippen LogP contribution in [0.25, 0.3) is 0 Å². The van der Waals surface area contributed by atoms with Crippen LogP contribution in [0.4, 0.5) is 11.4 Å². The van der Waals surface area contributed by atoms with E-state index in [1.165, 1.54) is 6.26 Å². The molecular formula is C13H18N2O3S. The number of nitrogens with one attached hydrogen (secondary N) is 2. The zero-order valence-electron chi connectivity index (χ0n) is 10.9. The number of benzene rings is 1. The topological polar surface area (TPSA) is 67.4 Å². The largest absolute Gasteiger partial charge is 0.381 e. The van der Waals surface area contributed by atoms with Gasteiger partial charge in [0.2, 0.25) is 0 Å². The molecule has 0 bridgehead atoms. The van der Waals surface area contributed by atoms with Crippen LogP contribution in [0.2, 0.25) is 0 Å². The van der Waals surface area contributed by atoms with Crippen LogP contribution >= 0.6 is 0 Å². The zero-order chi connectivity index (χ0) is 13.5. The van der Waals surface area contributed by atoms with Gasteiger partial charge in [0.1, 0.15) is 0 Å². The number of hydrogen-bond acceptors (Lipinski definition) is 5. The van der Waals surface area contributed by atoms with E-state index in [0.29, 0.717) is 10.6 Å². The number of anilines is 2. The third kappa shape index (κ3) is 2.30. The van der Waals surface area contributed by atoms with E-state index in [4.69, 9.17) is 4.74 Å². The van der Waals surface area contributed by atoms with E-state index in [0.717, 1.165) is 38.3 Å². The van der Waals surface area contributed by atoms with E-state index in [1.54, 1.807) is 12.1 Å². The standard InChI is InChI=1S/C13H18N2O3S/c1-19(16,17)11-4-2-3-10-12(11)14-9-13(15-10)5-7-18-8-6-13/h2-4,14-15H,5-9H2,1H3. The summed E-state index contributed by atoms with van der Waals surface area (Å²) in [5.74, 6) is 0. The lowest BCUT2D eigenvalue weighted by Gasteiger charge is -2.43. The van der Waals surface area contributed by atoms with E-state index < -0.39 is 9.84 Å². The third-order valence-corrected chi connectivity index (χ3v) is 5.02. The van der Waals surface area contributed by atoms with Crippen LogP contribution in [-0.4, -0.2) is 40.0 Å². The lowest BCUT2D eigenvalue weighted by atomic mass is 9.87. The Kier molecular flexibility index (Phi) is 2.94. The van der Waals surface area contributed by atoms with E-state index in [1.807, 2.05) is 6.07 Å². The van der Waals surface area contributed by atoms with Crippen LogP contribution in [0.5, 0.6) is 0 Å². The molecule has 0 aromatic heterocycles. The van der Waals surface area contributed by atoms with Gasteiger partial charge in [-0.25, -0.2) is 8.42 Å². The molecule has 1 saturated heterocycles. The molecule has 0 saturated carbocycles. The summed E-state index contributed by atoms with van der Waals surface area (Å²) in [5.41, 5.74) is 1.56. The fraction of sp³-hybridized carbons (Fsp3) is 0.538. The van der Waals surface area contributed by atoms with Crippen LogP contribution in [0.3, 0.4) is 0 Å². The van der Waals surface area contributed by atoms with Crippen molar-refractivity contribution in [2.45, 2.75) is 23.3 Å². The van der Waals surface area contributed by atoms with Crippen molar-refractivity contribution in [2.75, 3.05) is 36.6 Å². The quantitative estimate of drug-likeness (QED) is 0.816. The third-order valence-electron chi connectivity index (χ3n) is 3.88. The number of rotatable bonds is 1. The number of ether oxygens (including phenoxy) is 1. The highest BCUT2D eigenvalue weighted by Gasteiger charge is 2.36. The summed E-state index contributed by atoms with van der Waals surface area (Å²) in [6, 6.07) is 5.35. The fourth-order valence-corrected chi connectivity index (χ4v) is 3.66. The fourth-order valence-electron chi connectivity index (χ4n) is 2.78. The number of fused-ring (bicyclic) bond motifs is 1. The van der Waals surface area contributed by atoms with Crippen molar-refractivity contribution in [3.63, 3.8) is 0 Å². The molecule has 6 heteroatoms. The Bertz CT molecular complexity index is 592. The second kappa shape index (κ2) is 4.38. The average molecular weight is 282 g/mol. The molecule has 1 aromatic carbocycles. The van der Waals surface area contributed by atoms with Crippen molar-refractivity contribution in [3.8, 4) is 0 Å². The monoisotopic (exact) mass is 282 g/mol. The first-order valence-corrected chi connectivity index (χ1v) is 8.32. The molecule has 1 aromatic rings. The predicted octanol–water partition coefficient (Wildman–Crippen LogP) is 1.48. The molecule has 2 aliphatic heterocycles. The van der Waals surface area contributed by atoms with E-state index in [2.05, 4.69) is 10.6 Å². The van der Waals surface area contributed by atoms with Gasteiger partial charge in [-0.3, -0.25) is 0 Å². The molecule has 0 atom stereocenters. The van der Waals surface area contributed by atoms with Crippen molar-refractivity contribution in [1.82, 2.24) is 0 Å². The van der Waals surface area contributed by atoms with Gasteiger partial charge in [-0.2, -0.15) is 0 Å². The lowest BCUT2D eigenvalue weighted by Crippen LogP contribution is -2.51. The molecule has 3 rings (SSSR count). The molecule has 0 amide bonds. The molecule has 2 heterocycles. The van der Waals surface area contributed by atoms with E-state index in [-0.39, 0.29) is 5.54 Å². The molecule has 2 N–H and O–H groups in total. The molecule has 5 nitrogen and oxygen atoms in total. The number of para-hydroxylation sites is 1. The summed E-state index contributed by atoms with van der Waals surface area (Å²) in [4.78, 5) is 0.361. The first-order valence-electron chi connectivity index (χ1n) is 6.43. The summed E-state index contributed by atoms with van der Waals surface area (Å²) in [5, 5.41) is 6.82. The summed E-state index contributed by atoms with van der Waals surface area (Å²) >= 11 is 0. The molecular weight excluding hydrogens is 264 g/mol. The van der Waals surface area contributed by atoms with Gasteiger partial charge in [-0.15, -0.1) is 0 Å². The summed E-state index contributed by atoms with van der Waals surface area (Å²) in [6.07, 6.45) is 3.11. The van der Waals surface area contributed by atoms with E-state index >= 15 is 0 Å². The summed E-state index contributed by atoms with van der Waals surface area (Å²) < 4.78 is 29.0. The van der Waals surface area contributed by atoms with Gasteiger partial charge >= 0.3 is 0 Å². The number of hydrogen-bond donors (Lipinski definition) is 2. The van der Waals surface area contributed by atoms with Gasteiger partial charge in [0.05, 0.1) is 21.8 Å². The van der Waals surface area contributed by atoms with Crippen LogP contribution < -0.4 is 10.6 Å². The molecule has 104 valence electrons. The van der Waals surface area contributed by atoms with Gasteiger partial charge in [0, 0.05) is 26.0 Å². The van der Waals surface area contributed by atoms with E-state index in [9.17, 15) is 8.42 Å². The van der Waals surface area contributed by atoms with Crippen LogP contribution in [0.15, 0.2) is 23.1 Å². The minimum absolute atomic E-state index is 0.0125. The van der Waals surface area contributed by atoms with Crippen molar-refractivity contribution in [1.29, 1.82) is 0 Å². The van der Waals surface area contributed by atoms with Gasteiger partial charge in [0.25, 0.3) is 0 Å². The highest BCUT2D eigenvalue weighted by Crippen LogP contribution is 2.38. The van der Waals surface area contributed by atoms with Crippen LogP contribution in [0.1, 0.15) is 12.8 Å². The molecule has 1 fully saturated rings. The lowest BCUT2D eigenvalue weighted by molar-refractivity contribution is 0.0634. The summed E-state index contributed by atoms with van der Waals surface area (Å²) in [6.45, 7) is 2.22. The molecule has 1 spiro atoms. The molecule has 0 unspecified atom stereocenters. The maximum absolute atomic E-state index is 11.8. The van der Waals surface area contributed by atoms with Crippen LogP contribution in [0, 0.1) is 0 Å². The summed E-state index contributed by atoms with van der Waals surface area (Å²) in [7, 11) is -3.21. The van der Waals surface area contributed by atoms with Gasteiger partial charge in [-0.1, -0.05) is 6.07 Å². The first kappa shape index (κ1) is 12.7. The maximum atomic E-state index is 11.8. The zero-order valence-corrected chi connectivity index (χ0v) is 11.7. The van der Waals surface area contributed by atoms with Gasteiger partial charge < -0.3 is 15.4 Å². The van der Waals surface area contributed by atoms with Crippen molar-refractivity contribution in [2.24, 2.45) is 0 Å². The Balaban J connectivity index is 1.99. The Morgan fingerprint density at radius 2 is 2.00 bits per heavy atom. The van der Waals surface area contributed by atoms with Gasteiger partial charge in [0.15, 0.2) is 9.84 Å². The molecule has 0 radical (unpaired) electrons. The predicted molar refractivity (Wildman–Crippen MR) is 74.4 cm³/mol. The second-order valence-electron chi connectivity index (χ2n) is 5.32. The van der Waals surface area contributed by atoms with Crippen molar-refractivity contribution >= 4 is 21.2 Å². The van der Waals surface area contributed by atoms with Crippen molar-refractivity contribution in [3.05, 3.63) is 18.2 Å². The Hall–Kier alpha value is -1.27. The Labute approximate surface area is 113 Å². The normalized spacial score (nSPS) is 21.3. The Morgan fingerprint density at radius 3 is 2.68 bits per heavy atom. The first-order chi connectivity index (χ1) is 9.00. The minimum atomic E-state index is -3.21. The maximum Gasteiger partial charge on any atom is 0.177 e. The Morgan fingerprint density at radius 1 is 1.26 bits per heavy atom. The SMILES string of the molecule is CS(=O)(=O)c1cccc2c1NCC1(CCOCC1)N2. The molecule has 0 aliphatic carbocycles. The van der Waals surface area contributed by atoms with Crippen LogP contribution in [-0.2, 0) is 14.6 Å². The highest BCUT2D eigenvalue weighted by atomic mass is 32.2. The smallest absolute Gasteiger partial charge is 0.177 e. The molecule has 19 heavy (non-hydrogen) atoms.